The van der Waals surface area contributed by atoms with Crippen molar-refractivity contribution in [3.05, 3.63) is 16.4 Å². The summed E-state index contributed by atoms with van der Waals surface area (Å²) in [7, 11) is 2.01. The summed E-state index contributed by atoms with van der Waals surface area (Å²) in [6, 6.07) is 1.42. The highest BCUT2D eigenvalue weighted by Crippen LogP contribution is 2.31. The topological polar surface area (TPSA) is 33.1 Å². The molecule has 5 heteroatoms. The van der Waals surface area contributed by atoms with Gasteiger partial charge in [-0.3, -0.25) is 9.58 Å². The number of hydrogen-bond donors (Lipinski definition) is 1. The van der Waals surface area contributed by atoms with E-state index in [1.165, 1.54) is 37.9 Å². The highest BCUT2D eigenvalue weighted by Gasteiger charge is 2.32. The number of hydrogen-bond acceptors (Lipinski definition) is 3. The van der Waals surface area contributed by atoms with Gasteiger partial charge in [0.2, 0.25) is 0 Å². The lowest BCUT2D eigenvalue weighted by Gasteiger charge is -2.25. The standard InChI is InChI=1S/C15H25ClN4/c1-3-13-15(16)14(19(2)18-13)10-20(12-6-7-12)9-11-5-4-8-17-11/h11-12,17H,3-10H2,1-2H3. The molecule has 2 aliphatic rings. The van der Waals surface area contributed by atoms with Gasteiger partial charge in [-0.2, -0.15) is 5.10 Å². The van der Waals surface area contributed by atoms with Crippen LogP contribution in [-0.4, -0.2) is 39.9 Å². The molecule has 1 aliphatic heterocycles. The van der Waals surface area contributed by atoms with Crippen molar-refractivity contribution in [1.82, 2.24) is 20.0 Å². The van der Waals surface area contributed by atoms with E-state index < -0.39 is 0 Å². The highest BCUT2D eigenvalue weighted by molar-refractivity contribution is 6.31. The number of nitrogens with one attached hydrogen (secondary N) is 1. The second-order valence-corrected chi connectivity index (χ2v) is 6.52. The maximum absolute atomic E-state index is 6.49. The second-order valence-electron chi connectivity index (χ2n) is 6.14. The number of aryl methyl sites for hydroxylation is 2. The van der Waals surface area contributed by atoms with Crippen molar-refractivity contribution >= 4 is 11.6 Å². The molecule has 0 amide bonds. The molecular formula is C15H25ClN4. The largest absolute Gasteiger partial charge is 0.313 e. The van der Waals surface area contributed by atoms with Crippen molar-refractivity contribution in [3.63, 3.8) is 0 Å². The molecule has 0 radical (unpaired) electrons. The SMILES string of the molecule is CCc1nn(C)c(CN(CC2CCCN2)C2CC2)c1Cl. The van der Waals surface area contributed by atoms with Crippen LogP contribution in [0.2, 0.25) is 5.02 Å². The first kappa shape index (κ1) is 14.4. The van der Waals surface area contributed by atoms with Crippen LogP contribution in [0.25, 0.3) is 0 Å². The Kier molecular flexibility index (Phi) is 4.34. The quantitative estimate of drug-likeness (QED) is 0.875. The Morgan fingerprint density at radius 3 is 2.75 bits per heavy atom. The molecule has 1 aliphatic carbocycles. The van der Waals surface area contributed by atoms with Crippen LogP contribution in [0.1, 0.15) is 44.0 Å². The van der Waals surface area contributed by atoms with Crippen molar-refractivity contribution in [3.8, 4) is 0 Å². The summed E-state index contributed by atoms with van der Waals surface area (Å²) in [5.74, 6) is 0. The molecule has 1 N–H and O–H groups in total. The van der Waals surface area contributed by atoms with Gasteiger partial charge in [-0.1, -0.05) is 18.5 Å². The van der Waals surface area contributed by atoms with E-state index >= 15 is 0 Å². The molecule has 1 aromatic rings. The van der Waals surface area contributed by atoms with E-state index in [1.54, 1.807) is 0 Å². The molecule has 1 atom stereocenters. The van der Waals surface area contributed by atoms with Crippen LogP contribution >= 0.6 is 11.6 Å². The monoisotopic (exact) mass is 296 g/mol. The molecular weight excluding hydrogens is 272 g/mol. The predicted octanol–water partition coefficient (Wildman–Crippen LogP) is 2.35. The highest BCUT2D eigenvalue weighted by atomic mass is 35.5. The first-order valence-electron chi connectivity index (χ1n) is 7.86. The molecule has 4 nitrogen and oxygen atoms in total. The summed E-state index contributed by atoms with van der Waals surface area (Å²) in [4.78, 5) is 2.60. The van der Waals surface area contributed by atoms with E-state index in [0.717, 1.165) is 36.3 Å². The summed E-state index contributed by atoms with van der Waals surface area (Å²) in [6.45, 7) is 5.37. The third-order valence-electron chi connectivity index (χ3n) is 4.54. The van der Waals surface area contributed by atoms with E-state index in [4.69, 9.17) is 11.6 Å². The molecule has 20 heavy (non-hydrogen) atoms. The second kappa shape index (κ2) is 6.04. The van der Waals surface area contributed by atoms with Crippen molar-refractivity contribution < 1.29 is 0 Å². The van der Waals surface area contributed by atoms with Crippen LogP contribution in [0, 0.1) is 0 Å². The molecule has 1 unspecified atom stereocenters. The number of halogens is 1. The van der Waals surface area contributed by atoms with E-state index in [9.17, 15) is 0 Å². The lowest BCUT2D eigenvalue weighted by Crippen LogP contribution is -2.38. The van der Waals surface area contributed by atoms with Gasteiger partial charge in [0.25, 0.3) is 0 Å². The first-order valence-corrected chi connectivity index (χ1v) is 8.24. The average molecular weight is 297 g/mol. The molecule has 2 fully saturated rings. The Morgan fingerprint density at radius 1 is 1.40 bits per heavy atom. The molecule has 1 saturated carbocycles. The fraction of sp³-hybridized carbons (Fsp3) is 0.800. The van der Waals surface area contributed by atoms with Gasteiger partial charge in [-0.15, -0.1) is 0 Å². The molecule has 0 aromatic carbocycles. The van der Waals surface area contributed by atoms with Gasteiger partial charge in [-0.05, 0) is 38.6 Å². The smallest absolute Gasteiger partial charge is 0.0863 e. The van der Waals surface area contributed by atoms with Gasteiger partial charge in [0, 0.05) is 32.2 Å². The van der Waals surface area contributed by atoms with E-state index in [2.05, 4.69) is 22.2 Å². The van der Waals surface area contributed by atoms with Crippen molar-refractivity contribution in [2.45, 2.75) is 57.7 Å². The van der Waals surface area contributed by atoms with Crippen LogP contribution in [0.4, 0.5) is 0 Å². The fourth-order valence-electron chi connectivity index (χ4n) is 3.16. The van der Waals surface area contributed by atoms with Gasteiger partial charge < -0.3 is 5.32 Å². The van der Waals surface area contributed by atoms with Gasteiger partial charge in [0.1, 0.15) is 0 Å². The van der Waals surface area contributed by atoms with Crippen molar-refractivity contribution in [2.24, 2.45) is 7.05 Å². The summed E-state index contributed by atoms with van der Waals surface area (Å²) in [6.07, 6.45) is 6.20. The minimum absolute atomic E-state index is 0.660. The minimum Gasteiger partial charge on any atom is -0.313 e. The molecule has 112 valence electrons. The van der Waals surface area contributed by atoms with Crippen molar-refractivity contribution in [1.29, 1.82) is 0 Å². The van der Waals surface area contributed by atoms with Crippen LogP contribution < -0.4 is 5.32 Å². The maximum Gasteiger partial charge on any atom is 0.0863 e. The Hall–Kier alpha value is -0.580. The van der Waals surface area contributed by atoms with Gasteiger partial charge in [0.15, 0.2) is 0 Å². The Balaban J connectivity index is 1.71. The van der Waals surface area contributed by atoms with Crippen LogP contribution in [-0.2, 0) is 20.0 Å². The summed E-state index contributed by atoms with van der Waals surface area (Å²) < 4.78 is 1.97. The average Bonchev–Trinajstić information content (AvgIpc) is 3.10. The number of aromatic nitrogens is 2. The van der Waals surface area contributed by atoms with Gasteiger partial charge >= 0.3 is 0 Å². The molecule has 1 saturated heterocycles. The number of nitrogens with zero attached hydrogens (tertiary/aromatic N) is 3. The van der Waals surface area contributed by atoms with Crippen LogP contribution in [0.3, 0.4) is 0 Å². The molecule has 2 heterocycles. The van der Waals surface area contributed by atoms with Crippen molar-refractivity contribution in [2.75, 3.05) is 13.1 Å². The Morgan fingerprint density at radius 2 is 2.20 bits per heavy atom. The normalized spacial score (nSPS) is 22.9. The van der Waals surface area contributed by atoms with Crippen LogP contribution in [0.5, 0.6) is 0 Å². The lowest BCUT2D eigenvalue weighted by atomic mass is 10.2. The fourth-order valence-corrected chi connectivity index (χ4v) is 3.52. The molecule has 1 aromatic heterocycles. The molecule has 0 spiro atoms. The third kappa shape index (κ3) is 3.02. The van der Waals surface area contributed by atoms with E-state index in [-0.39, 0.29) is 0 Å². The van der Waals surface area contributed by atoms with Gasteiger partial charge in [-0.25, -0.2) is 0 Å². The molecule has 0 bridgehead atoms. The minimum atomic E-state index is 0.660. The lowest BCUT2D eigenvalue weighted by molar-refractivity contribution is 0.225. The Labute approximate surface area is 126 Å². The predicted molar refractivity (Wildman–Crippen MR) is 82.1 cm³/mol. The van der Waals surface area contributed by atoms with Gasteiger partial charge in [0.05, 0.1) is 16.4 Å². The van der Waals surface area contributed by atoms with Crippen LogP contribution in [0.15, 0.2) is 0 Å². The first-order chi connectivity index (χ1) is 9.69. The van der Waals surface area contributed by atoms with E-state index in [1.807, 2.05) is 11.7 Å². The Bertz CT molecular complexity index is 461. The summed E-state index contributed by atoms with van der Waals surface area (Å²) in [5.41, 5.74) is 2.20. The number of rotatable bonds is 6. The zero-order chi connectivity index (χ0) is 14.1. The molecule has 3 rings (SSSR count). The summed E-state index contributed by atoms with van der Waals surface area (Å²) in [5, 5.41) is 9.01. The third-order valence-corrected chi connectivity index (χ3v) is 4.97. The van der Waals surface area contributed by atoms with E-state index in [0.29, 0.717) is 6.04 Å². The maximum atomic E-state index is 6.49. The summed E-state index contributed by atoms with van der Waals surface area (Å²) >= 11 is 6.49. The zero-order valence-electron chi connectivity index (χ0n) is 12.5. The zero-order valence-corrected chi connectivity index (χ0v) is 13.3.